The topological polar surface area (TPSA) is 26.0 Å². The Kier molecular flexibility index (Phi) is 2.08. The summed E-state index contributed by atoms with van der Waals surface area (Å²) in [7, 11) is 0. The molecule has 2 N–H and O–H groups in total. The summed E-state index contributed by atoms with van der Waals surface area (Å²) in [4.78, 5) is 0. The highest BCUT2D eigenvalue weighted by atomic mass is 19.1. The predicted molar refractivity (Wildman–Crippen MR) is 51.2 cm³/mol. The van der Waals surface area contributed by atoms with Crippen molar-refractivity contribution < 1.29 is 4.39 Å². The van der Waals surface area contributed by atoms with Gasteiger partial charge < -0.3 is 5.73 Å². The van der Waals surface area contributed by atoms with E-state index in [2.05, 4.69) is 0 Å². The van der Waals surface area contributed by atoms with Gasteiger partial charge in [0.2, 0.25) is 0 Å². The number of hydrogen-bond acceptors (Lipinski definition) is 1. The molecule has 1 aromatic carbocycles. The third-order valence-electron chi connectivity index (χ3n) is 2.91. The van der Waals surface area contributed by atoms with Crippen molar-refractivity contribution in [3.8, 4) is 0 Å². The normalized spacial score (nSPS) is 18.6. The van der Waals surface area contributed by atoms with E-state index in [-0.39, 0.29) is 12.1 Å². The number of halogens is 1. The summed E-state index contributed by atoms with van der Waals surface area (Å²) in [5, 5.41) is 0. The highest BCUT2D eigenvalue weighted by Gasteiger charge is 2.44. The molecule has 1 aromatic rings. The molecule has 0 aromatic heterocycles. The van der Waals surface area contributed by atoms with Gasteiger partial charge >= 0.3 is 0 Å². The van der Waals surface area contributed by atoms with E-state index in [1.807, 2.05) is 24.3 Å². The molecule has 0 atom stereocenters. The largest absolute Gasteiger partial charge is 0.326 e. The van der Waals surface area contributed by atoms with Crippen LogP contribution < -0.4 is 5.73 Å². The molecule has 1 aliphatic rings. The fourth-order valence-electron chi connectivity index (χ4n) is 1.64. The molecule has 0 radical (unpaired) electrons. The zero-order chi connectivity index (χ0) is 9.31. The lowest BCUT2D eigenvalue weighted by Gasteiger charge is -2.10. The van der Waals surface area contributed by atoms with Gasteiger partial charge in [-0.1, -0.05) is 24.3 Å². The highest BCUT2D eigenvalue weighted by Crippen LogP contribution is 2.48. The van der Waals surface area contributed by atoms with E-state index in [1.54, 1.807) is 0 Å². The van der Waals surface area contributed by atoms with Crippen LogP contribution in [0, 0.1) is 0 Å². The first kappa shape index (κ1) is 8.70. The second-order valence-corrected chi connectivity index (χ2v) is 3.82. The van der Waals surface area contributed by atoms with Gasteiger partial charge in [-0.2, -0.15) is 0 Å². The lowest BCUT2D eigenvalue weighted by Crippen LogP contribution is -2.08. The second kappa shape index (κ2) is 3.11. The Balaban J connectivity index is 2.23. The Bertz CT molecular complexity index is 287. The maximum Gasteiger partial charge on any atom is 0.0990 e. The van der Waals surface area contributed by atoms with Crippen LogP contribution in [-0.2, 0) is 12.0 Å². The van der Waals surface area contributed by atoms with Crippen molar-refractivity contribution in [3.05, 3.63) is 35.4 Å². The van der Waals surface area contributed by atoms with E-state index in [0.29, 0.717) is 6.54 Å². The fourth-order valence-corrected chi connectivity index (χ4v) is 1.64. The number of nitrogens with two attached hydrogens (primary N) is 1. The molecular formula is C11H14FN. The predicted octanol–water partition coefficient (Wildman–Crippen LogP) is 2.15. The van der Waals surface area contributed by atoms with Crippen LogP contribution in [-0.4, -0.2) is 6.67 Å². The number of rotatable bonds is 3. The van der Waals surface area contributed by atoms with Crippen molar-refractivity contribution in [3.63, 3.8) is 0 Å². The second-order valence-electron chi connectivity index (χ2n) is 3.82. The highest BCUT2D eigenvalue weighted by molar-refractivity contribution is 5.33. The van der Waals surface area contributed by atoms with Crippen LogP contribution in [0.2, 0.25) is 0 Å². The third kappa shape index (κ3) is 1.46. The van der Waals surface area contributed by atoms with Crippen molar-refractivity contribution in [2.75, 3.05) is 6.67 Å². The molecule has 1 saturated carbocycles. The van der Waals surface area contributed by atoms with Crippen LogP contribution in [0.3, 0.4) is 0 Å². The van der Waals surface area contributed by atoms with Crippen molar-refractivity contribution in [1.29, 1.82) is 0 Å². The molecule has 1 fully saturated rings. The zero-order valence-corrected chi connectivity index (χ0v) is 7.59. The number of hydrogen-bond donors (Lipinski definition) is 1. The molecule has 0 bridgehead atoms. The van der Waals surface area contributed by atoms with Gasteiger partial charge in [0.1, 0.15) is 0 Å². The molecule has 1 aliphatic carbocycles. The summed E-state index contributed by atoms with van der Waals surface area (Å²) in [6, 6.07) is 8.00. The molecule has 13 heavy (non-hydrogen) atoms. The minimum Gasteiger partial charge on any atom is -0.326 e. The van der Waals surface area contributed by atoms with Crippen LogP contribution in [0.4, 0.5) is 4.39 Å². The number of alkyl halides is 1. The third-order valence-corrected chi connectivity index (χ3v) is 2.91. The average molecular weight is 179 g/mol. The van der Waals surface area contributed by atoms with Crippen molar-refractivity contribution in [2.24, 2.45) is 5.73 Å². The Morgan fingerprint density at radius 3 is 2.23 bits per heavy atom. The quantitative estimate of drug-likeness (QED) is 0.756. The lowest BCUT2D eigenvalue weighted by molar-refractivity contribution is 0.418. The summed E-state index contributed by atoms with van der Waals surface area (Å²) in [5.74, 6) is 0. The van der Waals surface area contributed by atoms with E-state index < -0.39 is 0 Å². The van der Waals surface area contributed by atoms with Crippen molar-refractivity contribution >= 4 is 0 Å². The molecule has 2 heteroatoms. The molecule has 0 unspecified atom stereocenters. The van der Waals surface area contributed by atoms with Crippen LogP contribution >= 0.6 is 0 Å². The standard InChI is InChI=1S/C11H14FN/c12-8-11(5-6-11)10-3-1-9(7-13)2-4-10/h1-4H,5-8,13H2. The Morgan fingerprint density at radius 2 is 1.85 bits per heavy atom. The van der Waals surface area contributed by atoms with Gasteiger partial charge in [0.15, 0.2) is 0 Å². The van der Waals surface area contributed by atoms with Gasteiger partial charge in [0, 0.05) is 12.0 Å². The fraction of sp³-hybridized carbons (Fsp3) is 0.455. The minimum atomic E-state index is -0.227. The molecule has 0 spiro atoms. The average Bonchev–Trinajstić information content (AvgIpc) is 2.99. The maximum absolute atomic E-state index is 12.7. The molecule has 0 aliphatic heterocycles. The minimum absolute atomic E-state index is 0.132. The van der Waals surface area contributed by atoms with E-state index in [0.717, 1.165) is 24.0 Å². The summed E-state index contributed by atoms with van der Waals surface area (Å²) < 4.78 is 12.7. The van der Waals surface area contributed by atoms with Gasteiger partial charge in [-0.15, -0.1) is 0 Å². The van der Waals surface area contributed by atoms with Crippen LogP contribution in [0.5, 0.6) is 0 Å². The van der Waals surface area contributed by atoms with E-state index >= 15 is 0 Å². The Labute approximate surface area is 77.8 Å². The maximum atomic E-state index is 12.7. The summed E-state index contributed by atoms with van der Waals surface area (Å²) in [6.07, 6.45) is 1.98. The summed E-state index contributed by atoms with van der Waals surface area (Å²) in [6.45, 7) is 0.331. The lowest BCUT2D eigenvalue weighted by atomic mass is 9.96. The summed E-state index contributed by atoms with van der Waals surface area (Å²) in [5.41, 5.74) is 7.59. The summed E-state index contributed by atoms with van der Waals surface area (Å²) >= 11 is 0. The molecule has 1 nitrogen and oxygen atoms in total. The van der Waals surface area contributed by atoms with Gasteiger partial charge in [0.05, 0.1) is 6.67 Å². The monoisotopic (exact) mass is 179 g/mol. The first-order valence-corrected chi connectivity index (χ1v) is 4.66. The Morgan fingerprint density at radius 1 is 1.23 bits per heavy atom. The first-order chi connectivity index (χ1) is 6.30. The zero-order valence-electron chi connectivity index (χ0n) is 7.59. The molecule has 2 rings (SSSR count). The molecular weight excluding hydrogens is 165 g/mol. The molecule has 0 heterocycles. The Hall–Kier alpha value is -0.890. The molecule has 0 saturated heterocycles. The van der Waals surface area contributed by atoms with Crippen LogP contribution in [0.15, 0.2) is 24.3 Å². The van der Waals surface area contributed by atoms with Gasteiger partial charge in [-0.25, -0.2) is 0 Å². The van der Waals surface area contributed by atoms with E-state index in [4.69, 9.17) is 5.73 Å². The van der Waals surface area contributed by atoms with E-state index in [1.165, 1.54) is 0 Å². The van der Waals surface area contributed by atoms with Crippen molar-refractivity contribution in [2.45, 2.75) is 24.8 Å². The SMILES string of the molecule is NCc1ccc(C2(CF)CC2)cc1. The van der Waals surface area contributed by atoms with Crippen LogP contribution in [0.1, 0.15) is 24.0 Å². The van der Waals surface area contributed by atoms with Gasteiger partial charge in [-0.3, -0.25) is 4.39 Å². The van der Waals surface area contributed by atoms with E-state index in [9.17, 15) is 4.39 Å². The number of benzene rings is 1. The van der Waals surface area contributed by atoms with Gasteiger partial charge in [-0.05, 0) is 24.0 Å². The van der Waals surface area contributed by atoms with Gasteiger partial charge in [0.25, 0.3) is 0 Å². The molecule has 0 amide bonds. The smallest absolute Gasteiger partial charge is 0.0990 e. The van der Waals surface area contributed by atoms with Crippen LogP contribution in [0.25, 0.3) is 0 Å². The first-order valence-electron chi connectivity index (χ1n) is 4.66. The van der Waals surface area contributed by atoms with Crippen molar-refractivity contribution in [1.82, 2.24) is 0 Å². The molecule has 70 valence electrons.